The van der Waals surface area contributed by atoms with Gasteiger partial charge in [-0.15, -0.1) is 0 Å². The maximum absolute atomic E-state index is 12.7. The molecule has 0 amide bonds. The van der Waals surface area contributed by atoms with E-state index in [1.165, 1.54) is 56.1 Å². The van der Waals surface area contributed by atoms with Crippen LogP contribution >= 0.6 is 0 Å². The first-order valence-electron chi connectivity index (χ1n) is 12.0. The number of hydrogen-bond donors (Lipinski definition) is 0. The van der Waals surface area contributed by atoms with E-state index in [9.17, 15) is 9.59 Å². The fraction of sp³-hybridized carbons (Fsp3) is 0.769. The Morgan fingerprint density at radius 2 is 1.41 bits per heavy atom. The van der Waals surface area contributed by atoms with E-state index in [0.717, 1.165) is 38.5 Å². The molecule has 3 heteroatoms. The summed E-state index contributed by atoms with van der Waals surface area (Å²) in [6.45, 7) is 6.56. The van der Waals surface area contributed by atoms with Crippen molar-refractivity contribution in [3.8, 4) is 0 Å². The van der Waals surface area contributed by atoms with Crippen LogP contribution in [0.1, 0.15) is 117 Å². The molecule has 1 fully saturated rings. The van der Waals surface area contributed by atoms with Gasteiger partial charge in [0.25, 0.3) is 0 Å². The van der Waals surface area contributed by atoms with E-state index < -0.39 is 5.92 Å². The predicted molar refractivity (Wildman–Crippen MR) is 122 cm³/mol. The zero-order chi connectivity index (χ0) is 21.3. The molecule has 0 aliphatic heterocycles. The summed E-state index contributed by atoms with van der Waals surface area (Å²) in [6, 6.07) is 0. The third kappa shape index (κ3) is 13.5. The summed E-state index contributed by atoms with van der Waals surface area (Å²) in [6.07, 6.45) is 20.4. The van der Waals surface area contributed by atoms with Gasteiger partial charge in [-0.2, -0.15) is 0 Å². The van der Waals surface area contributed by atoms with E-state index in [4.69, 9.17) is 4.74 Å². The summed E-state index contributed by atoms with van der Waals surface area (Å²) in [5.41, 5.74) is 2.55. The number of carbonyl (C=O) groups excluding carboxylic acids is 2. The highest BCUT2D eigenvalue weighted by molar-refractivity contribution is 5.98. The van der Waals surface area contributed by atoms with Crippen LogP contribution in [-0.2, 0) is 14.3 Å². The Labute approximate surface area is 179 Å². The number of carbonyl (C=O) groups is 2. The molecule has 1 saturated carbocycles. The van der Waals surface area contributed by atoms with Crippen LogP contribution in [0, 0.1) is 5.92 Å². The molecule has 0 heterocycles. The lowest BCUT2D eigenvalue weighted by atomic mass is 9.93. The van der Waals surface area contributed by atoms with Crippen molar-refractivity contribution in [3.05, 3.63) is 23.3 Å². The Balaban J connectivity index is 2.51. The van der Waals surface area contributed by atoms with Crippen molar-refractivity contribution < 1.29 is 14.3 Å². The second-order valence-corrected chi connectivity index (χ2v) is 8.95. The van der Waals surface area contributed by atoms with E-state index in [0.29, 0.717) is 12.8 Å². The summed E-state index contributed by atoms with van der Waals surface area (Å²) in [5, 5.41) is 0. The molecule has 0 aromatic heterocycles. The lowest BCUT2D eigenvalue weighted by Gasteiger charge is -2.15. The Morgan fingerprint density at radius 1 is 0.862 bits per heavy atom. The maximum atomic E-state index is 12.7. The van der Waals surface area contributed by atoms with Gasteiger partial charge in [-0.25, -0.2) is 0 Å². The predicted octanol–water partition coefficient (Wildman–Crippen LogP) is 7.49. The van der Waals surface area contributed by atoms with Crippen LogP contribution in [-0.4, -0.2) is 18.4 Å². The molecule has 1 aliphatic carbocycles. The van der Waals surface area contributed by atoms with Gasteiger partial charge in [-0.1, -0.05) is 81.4 Å². The lowest BCUT2D eigenvalue weighted by Crippen LogP contribution is -2.26. The molecule has 1 rings (SSSR count). The normalized spacial score (nSPS) is 21.0. The monoisotopic (exact) mass is 404 g/mol. The highest BCUT2D eigenvalue weighted by Gasteiger charge is 2.26. The highest BCUT2D eigenvalue weighted by atomic mass is 16.5. The summed E-state index contributed by atoms with van der Waals surface area (Å²) in [5.74, 6) is -0.777. The molecule has 1 atom stereocenters. The molecular formula is C26H44O3. The Hall–Kier alpha value is -1.38. The second kappa shape index (κ2) is 16.4. The van der Waals surface area contributed by atoms with Gasteiger partial charge in [0.1, 0.15) is 18.3 Å². The molecule has 1 unspecified atom stereocenters. The third-order valence-electron chi connectivity index (χ3n) is 5.84. The first kappa shape index (κ1) is 25.7. The SMILES string of the molecule is CC(C)=CCC/C(C)=C/COC(=O)C1CCCCCCCCCCCCCC1=O. The number of ether oxygens (including phenoxy) is 1. The van der Waals surface area contributed by atoms with E-state index in [2.05, 4.69) is 26.8 Å². The molecule has 0 radical (unpaired) electrons. The van der Waals surface area contributed by atoms with Crippen LogP contribution in [0.2, 0.25) is 0 Å². The van der Waals surface area contributed by atoms with Gasteiger partial charge in [-0.05, 0) is 52.5 Å². The van der Waals surface area contributed by atoms with Gasteiger partial charge in [-0.3, -0.25) is 9.59 Å². The third-order valence-corrected chi connectivity index (χ3v) is 5.84. The minimum absolute atomic E-state index is 0.0918. The van der Waals surface area contributed by atoms with E-state index >= 15 is 0 Å². The van der Waals surface area contributed by atoms with Crippen molar-refractivity contribution in [2.24, 2.45) is 5.92 Å². The molecule has 166 valence electrons. The minimum atomic E-state index is -0.556. The molecule has 0 saturated heterocycles. The summed E-state index contributed by atoms with van der Waals surface area (Å²) < 4.78 is 5.49. The van der Waals surface area contributed by atoms with Crippen LogP contribution in [0.15, 0.2) is 23.3 Å². The lowest BCUT2D eigenvalue weighted by molar-refractivity contribution is -0.151. The molecule has 0 N–H and O–H groups in total. The van der Waals surface area contributed by atoms with Gasteiger partial charge in [0.05, 0.1) is 0 Å². The van der Waals surface area contributed by atoms with Gasteiger partial charge in [0.15, 0.2) is 0 Å². The molecule has 1 aliphatic rings. The Morgan fingerprint density at radius 3 is 2.00 bits per heavy atom. The molecule has 3 nitrogen and oxygen atoms in total. The fourth-order valence-corrected chi connectivity index (χ4v) is 3.88. The zero-order valence-corrected chi connectivity index (χ0v) is 19.3. The first-order chi connectivity index (χ1) is 14.0. The smallest absolute Gasteiger partial charge is 0.316 e. The minimum Gasteiger partial charge on any atom is -0.461 e. The van der Waals surface area contributed by atoms with Crippen LogP contribution in [0.3, 0.4) is 0 Å². The van der Waals surface area contributed by atoms with Gasteiger partial charge < -0.3 is 4.74 Å². The van der Waals surface area contributed by atoms with Crippen molar-refractivity contribution in [1.29, 1.82) is 0 Å². The van der Waals surface area contributed by atoms with Gasteiger partial charge >= 0.3 is 5.97 Å². The average Bonchev–Trinajstić information content (AvgIpc) is 2.68. The van der Waals surface area contributed by atoms with E-state index in [1.807, 2.05) is 6.08 Å². The van der Waals surface area contributed by atoms with Crippen LogP contribution in [0.5, 0.6) is 0 Å². The Kier molecular flexibility index (Phi) is 14.5. The average molecular weight is 405 g/mol. The van der Waals surface area contributed by atoms with E-state index in [-0.39, 0.29) is 18.4 Å². The molecule has 0 aromatic carbocycles. The van der Waals surface area contributed by atoms with Crippen molar-refractivity contribution in [3.63, 3.8) is 0 Å². The standard InChI is InChI=1S/C26H44O3/c1-22(2)16-15-17-23(3)20-21-29-26(28)24-18-13-11-9-7-5-4-6-8-10-12-14-19-25(24)27/h16,20,24H,4-15,17-19,21H2,1-3H3/b23-20+. The number of rotatable bonds is 6. The number of Topliss-reactive ketones (excluding diaryl/α,β-unsaturated/α-hetero) is 1. The largest absolute Gasteiger partial charge is 0.461 e. The van der Waals surface area contributed by atoms with Crippen molar-refractivity contribution in [2.45, 2.75) is 117 Å². The van der Waals surface area contributed by atoms with E-state index in [1.54, 1.807) is 0 Å². The number of ketones is 1. The van der Waals surface area contributed by atoms with Crippen LogP contribution in [0.25, 0.3) is 0 Å². The highest BCUT2D eigenvalue weighted by Crippen LogP contribution is 2.20. The first-order valence-corrected chi connectivity index (χ1v) is 12.0. The number of allylic oxidation sites excluding steroid dienone is 3. The van der Waals surface area contributed by atoms with Crippen LogP contribution in [0.4, 0.5) is 0 Å². The van der Waals surface area contributed by atoms with Crippen molar-refractivity contribution in [2.75, 3.05) is 6.61 Å². The van der Waals surface area contributed by atoms with Crippen molar-refractivity contribution >= 4 is 11.8 Å². The summed E-state index contributed by atoms with van der Waals surface area (Å²) in [7, 11) is 0. The van der Waals surface area contributed by atoms with Crippen LogP contribution < -0.4 is 0 Å². The second-order valence-electron chi connectivity index (χ2n) is 8.95. The van der Waals surface area contributed by atoms with Gasteiger partial charge in [0.2, 0.25) is 0 Å². The molecule has 29 heavy (non-hydrogen) atoms. The summed E-state index contributed by atoms with van der Waals surface area (Å²) in [4.78, 5) is 25.3. The molecule has 0 bridgehead atoms. The maximum Gasteiger partial charge on any atom is 0.316 e. The number of hydrogen-bond acceptors (Lipinski definition) is 3. The fourth-order valence-electron chi connectivity index (χ4n) is 3.88. The topological polar surface area (TPSA) is 43.4 Å². The Bertz CT molecular complexity index is 526. The van der Waals surface area contributed by atoms with Gasteiger partial charge in [0, 0.05) is 6.42 Å². The van der Waals surface area contributed by atoms with Crippen molar-refractivity contribution in [1.82, 2.24) is 0 Å². The molecular weight excluding hydrogens is 360 g/mol. The summed E-state index contributed by atoms with van der Waals surface area (Å²) >= 11 is 0. The molecule has 0 aromatic rings. The molecule has 0 spiro atoms. The zero-order valence-electron chi connectivity index (χ0n) is 19.3. The number of esters is 1. The quantitative estimate of drug-likeness (QED) is 0.261.